The Bertz CT molecular complexity index is 161. The Morgan fingerprint density at radius 3 is 2.57 bits per heavy atom. The van der Waals surface area contributed by atoms with Gasteiger partial charge in [0.25, 0.3) is 0 Å². The SMILES string of the molecule is CC(N)CNC(=O)C[C@H](N)CCCN. The van der Waals surface area contributed by atoms with Crippen LogP contribution in [0.3, 0.4) is 0 Å². The van der Waals surface area contributed by atoms with Crippen LogP contribution in [0.5, 0.6) is 0 Å². The molecule has 1 amide bonds. The van der Waals surface area contributed by atoms with Crippen LogP contribution in [-0.2, 0) is 4.79 Å². The lowest BCUT2D eigenvalue weighted by Gasteiger charge is -2.12. The van der Waals surface area contributed by atoms with Crippen LogP contribution in [0.4, 0.5) is 0 Å². The second kappa shape index (κ2) is 7.73. The average molecular weight is 202 g/mol. The van der Waals surface area contributed by atoms with Gasteiger partial charge in [-0.3, -0.25) is 4.79 Å². The molecule has 14 heavy (non-hydrogen) atoms. The summed E-state index contributed by atoms with van der Waals surface area (Å²) in [5, 5.41) is 2.71. The lowest BCUT2D eigenvalue weighted by molar-refractivity contribution is -0.121. The molecule has 0 spiro atoms. The van der Waals surface area contributed by atoms with E-state index in [0.29, 0.717) is 19.5 Å². The van der Waals surface area contributed by atoms with Crippen molar-refractivity contribution < 1.29 is 4.79 Å². The van der Waals surface area contributed by atoms with Crippen molar-refractivity contribution in [3.63, 3.8) is 0 Å². The summed E-state index contributed by atoms with van der Waals surface area (Å²) in [5.74, 6) is -0.0354. The second-order valence-corrected chi connectivity index (χ2v) is 3.68. The van der Waals surface area contributed by atoms with Gasteiger partial charge in [0.2, 0.25) is 5.91 Å². The first-order chi connectivity index (χ1) is 6.56. The number of carbonyl (C=O) groups excluding carboxylic acids is 1. The summed E-state index contributed by atoms with van der Waals surface area (Å²) < 4.78 is 0. The van der Waals surface area contributed by atoms with Gasteiger partial charge in [0.05, 0.1) is 0 Å². The Labute approximate surface area is 85.4 Å². The summed E-state index contributed by atoms with van der Waals surface area (Å²) >= 11 is 0. The second-order valence-electron chi connectivity index (χ2n) is 3.68. The molecule has 2 atom stereocenters. The Morgan fingerprint density at radius 2 is 2.07 bits per heavy atom. The van der Waals surface area contributed by atoms with E-state index in [-0.39, 0.29) is 18.0 Å². The first-order valence-electron chi connectivity index (χ1n) is 5.04. The number of rotatable bonds is 7. The van der Waals surface area contributed by atoms with E-state index in [1.165, 1.54) is 0 Å². The van der Waals surface area contributed by atoms with Crippen molar-refractivity contribution >= 4 is 5.91 Å². The number of nitrogens with two attached hydrogens (primary N) is 3. The molecule has 84 valence electrons. The minimum Gasteiger partial charge on any atom is -0.355 e. The Morgan fingerprint density at radius 1 is 1.43 bits per heavy atom. The monoisotopic (exact) mass is 202 g/mol. The third kappa shape index (κ3) is 7.97. The van der Waals surface area contributed by atoms with Crippen LogP contribution < -0.4 is 22.5 Å². The van der Waals surface area contributed by atoms with Crippen LogP contribution in [0.15, 0.2) is 0 Å². The molecule has 0 fully saturated rings. The highest BCUT2D eigenvalue weighted by Gasteiger charge is 2.08. The summed E-state index contributed by atoms with van der Waals surface area (Å²) in [6.45, 7) is 2.96. The normalized spacial score (nSPS) is 14.9. The highest BCUT2D eigenvalue weighted by Crippen LogP contribution is 1.97. The molecule has 1 unspecified atom stereocenters. The van der Waals surface area contributed by atoms with Crippen LogP contribution in [-0.4, -0.2) is 31.1 Å². The van der Waals surface area contributed by atoms with Gasteiger partial charge in [-0.15, -0.1) is 0 Å². The van der Waals surface area contributed by atoms with E-state index in [2.05, 4.69) is 5.32 Å². The minimum atomic E-state index is -0.0911. The summed E-state index contributed by atoms with van der Waals surface area (Å²) in [5.41, 5.74) is 16.5. The van der Waals surface area contributed by atoms with Crippen LogP contribution in [0.25, 0.3) is 0 Å². The van der Waals surface area contributed by atoms with Crippen molar-refractivity contribution in [2.75, 3.05) is 13.1 Å². The van der Waals surface area contributed by atoms with E-state index >= 15 is 0 Å². The van der Waals surface area contributed by atoms with E-state index in [1.54, 1.807) is 0 Å². The smallest absolute Gasteiger partial charge is 0.221 e. The molecule has 0 aliphatic carbocycles. The maximum absolute atomic E-state index is 11.2. The maximum atomic E-state index is 11.2. The standard InChI is InChI=1S/C9H22N4O/c1-7(11)6-13-9(14)5-8(12)3-2-4-10/h7-8H,2-6,10-12H2,1H3,(H,13,14)/t7?,8-/m1/s1. The molecule has 0 heterocycles. The van der Waals surface area contributed by atoms with E-state index < -0.39 is 0 Å². The van der Waals surface area contributed by atoms with E-state index in [4.69, 9.17) is 17.2 Å². The van der Waals surface area contributed by atoms with Gasteiger partial charge >= 0.3 is 0 Å². The zero-order chi connectivity index (χ0) is 11.0. The van der Waals surface area contributed by atoms with Gasteiger partial charge in [0.1, 0.15) is 0 Å². The molecule has 0 saturated heterocycles. The molecule has 0 aromatic rings. The Hall–Kier alpha value is -0.650. The number of hydrogen-bond donors (Lipinski definition) is 4. The molecule has 7 N–H and O–H groups in total. The van der Waals surface area contributed by atoms with E-state index in [1.807, 2.05) is 6.92 Å². The minimum absolute atomic E-state index is 0.0146. The fourth-order valence-electron chi connectivity index (χ4n) is 1.07. The average Bonchev–Trinajstić information content (AvgIpc) is 2.11. The topological polar surface area (TPSA) is 107 Å². The van der Waals surface area contributed by atoms with Gasteiger partial charge in [-0.25, -0.2) is 0 Å². The first kappa shape index (κ1) is 13.4. The van der Waals surface area contributed by atoms with Crippen molar-refractivity contribution in [2.45, 2.75) is 38.3 Å². The number of amides is 1. The third-order valence-electron chi connectivity index (χ3n) is 1.85. The van der Waals surface area contributed by atoms with Gasteiger partial charge < -0.3 is 22.5 Å². The summed E-state index contributed by atoms with van der Waals surface area (Å²) in [6, 6.07) is -0.106. The third-order valence-corrected chi connectivity index (χ3v) is 1.85. The quantitative estimate of drug-likeness (QED) is 0.420. The van der Waals surface area contributed by atoms with Crippen LogP contribution >= 0.6 is 0 Å². The molecule has 0 aromatic carbocycles. The van der Waals surface area contributed by atoms with E-state index in [0.717, 1.165) is 12.8 Å². The van der Waals surface area contributed by atoms with Crippen LogP contribution in [0.1, 0.15) is 26.2 Å². The van der Waals surface area contributed by atoms with Crippen molar-refractivity contribution in [2.24, 2.45) is 17.2 Å². The molecule has 0 saturated carbocycles. The molecule has 5 nitrogen and oxygen atoms in total. The number of nitrogens with one attached hydrogen (secondary N) is 1. The molecule has 0 aliphatic rings. The van der Waals surface area contributed by atoms with Crippen LogP contribution in [0.2, 0.25) is 0 Å². The van der Waals surface area contributed by atoms with Crippen LogP contribution in [0, 0.1) is 0 Å². The zero-order valence-electron chi connectivity index (χ0n) is 8.83. The lowest BCUT2D eigenvalue weighted by Crippen LogP contribution is -2.38. The molecular weight excluding hydrogens is 180 g/mol. The Balaban J connectivity index is 3.50. The molecule has 0 aliphatic heterocycles. The van der Waals surface area contributed by atoms with Crippen molar-refractivity contribution in [3.05, 3.63) is 0 Å². The van der Waals surface area contributed by atoms with Gasteiger partial charge in [0.15, 0.2) is 0 Å². The summed E-state index contributed by atoms with van der Waals surface area (Å²) in [4.78, 5) is 11.2. The summed E-state index contributed by atoms with van der Waals surface area (Å²) in [6.07, 6.45) is 2.01. The maximum Gasteiger partial charge on any atom is 0.221 e. The highest BCUT2D eigenvalue weighted by molar-refractivity contribution is 5.76. The molecule has 0 bridgehead atoms. The van der Waals surface area contributed by atoms with Gasteiger partial charge in [-0.1, -0.05) is 0 Å². The lowest BCUT2D eigenvalue weighted by atomic mass is 10.1. The van der Waals surface area contributed by atoms with Gasteiger partial charge in [-0.05, 0) is 26.3 Å². The fraction of sp³-hybridized carbons (Fsp3) is 0.889. The van der Waals surface area contributed by atoms with Crippen molar-refractivity contribution in [1.82, 2.24) is 5.32 Å². The predicted octanol–water partition coefficient (Wildman–Crippen LogP) is -1.09. The first-order valence-corrected chi connectivity index (χ1v) is 5.04. The molecule has 5 heteroatoms. The largest absolute Gasteiger partial charge is 0.355 e. The highest BCUT2D eigenvalue weighted by atomic mass is 16.1. The van der Waals surface area contributed by atoms with Gasteiger partial charge in [0, 0.05) is 25.0 Å². The number of hydrogen-bond acceptors (Lipinski definition) is 4. The summed E-state index contributed by atoms with van der Waals surface area (Å²) in [7, 11) is 0. The molecule has 0 rings (SSSR count). The number of carbonyl (C=O) groups is 1. The zero-order valence-corrected chi connectivity index (χ0v) is 8.83. The molecular formula is C9H22N4O. The van der Waals surface area contributed by atoms with Crippen molar-refractivity contribution in [1.29, 1.82) is 0 Å². The van der Waals surface area contributed by atoms with Crippen molar-refractivity contribution in [3.8, 4) is 0 Å². The fourth-order valence-corrected chi connectivity index (χ4v) is 1.07. The molecule has 0 radical (unpaired) electrons. The predicted molar refractivity (Wildman–Crippen MR) is 57.5 cm³/mol. The Kier molecular flexibility index (Phi) is 7.37. The van der Waals surface area contributed by atoms with E-state index in [9.17, 15) is 4.79 Å². The molecule has 0 aromatic heterocycles. The van der Waals surface area contributed by atoms with Gasteiger partial charge in [-0.2, -0.15) is 0 Å².